The zero-order valence-electron chi connectivity index (χ0n) is 22.3. The van der Waals surface area contributed by atoms with Crippen LogP contribution in [0.4, 0.5) is 0 Å². The van der Waals surface area contributed by atoms with Gasteiger partial charge in [0.25, 0.3) is 0 Å². The van der Waals surface area contributed by atoms with Gasteiger partial charge in [0.05, 0.1) is 0 Å². The van der Waals surface area contributed by atoms with Gasteiger partial charge in [0, 0.05) is 19.6 Å². The van der Waals surface area contributed by atoms with Crippen LogP contribution in [0.15, 0.2) is 54.6 Å². The smallest absolute Gasteiger partial charge is 0.246 e. The van der Waals surface area contributed by atoms with E-state index in [-0.39, 0.29) is 11.8 Å². The van der Waals surface area contributed by atoms with E-state index in [9.17, 15) is 9.59 Å². The largest absolute Gasteiger partial charge is 0.342 e. The molecule has 0 radical (unpaired) electrons. The topological polar surface area (TPSA) is 52.7 Å². The number of benzene rings is 2. The Bertz CT molecular complexity index is 994. The highest BCUT2D eigenvalue weighted by molar-refractivity contribution is 6.00. The number of hydrogen-bond acceptors (Lipinski definition) is 3. The number of unbranched alkanes of at least 4 members (excludes halogenated alkanes) is 2. The van der Waals surface area contributed by atoms with E-state index in [2.05, 4.69) is 85.6 Å². The van der Waals surface area contributed by atoms with Gasteiger partial charge < -0.3 is 15.1 Å². The van der Waals surface area contributed by atoms with E-state index in [4.69, 9.17) is 0 Å². The predicted octanol–water partition coefficient (Wildman–Crippen LogP) is 5.12. The highest BCUT2D eigenvalue weighted by atomic mass is 16.2. The van der Waals surface area contributed by atoms with Crippen LogP contribution in [-0.4, -0.2) is 52.8 Å². The molecule has 0 aliphatic carbocycles. The standard InChI is InChI=1S/C31H43N3O2/c1-24(2)22-28-29(35)34(23-27-15-13-25(3)14-16-27)31(30(36)32-28)17-20-33(21-18-31)19-9-5-8-12-26-10-6-4-7-11-26/h4,6-7,10-11,13-16,24,28H,5,8-9,12,17-23H2,1-3H3,(H,32,36)/t28-/m0/s1. The van der Waals surface area contributed by atoms with Gasteiger partial charge in [-0.2, -0.15) is 0 Å². The fraction of sp³-hybridized carbons (Fsp3) is 0.548. The first kappa shape index (κ1) is 26.4. The second-order valence-electron chi connectivity index (χ2n) is 11.2. The third kappa shape index (κ3) is 6.36. The first-order valence-electron chi connectivity index (χ1n) is 13.8. The molecule has 2 aromatic rings. The van der Waals surface area contributed by atoms with Crippen LogP contribution in [0, 0.1) is 12.8 Å². The lowest BCUT2D eigenvalue weighted by Crippen LogP contribution is -2.72. The molecule has 1 atom stereocenters. The maximum atomic E-state index is 13.7. The number of piperazine rings is 1. The first-order valence-corrected chi connectivity index (χ1v) is 13.8. The molecule has 0 bridgehead atoms. The van der Waals surface area contributed by atoms with E-state index < -0.39 is 11.6 Å². The minimum atomic E-state index is -0.737. The lowest BCUT2D eigenvalue weighted by Gasteiger charge is -2.52. The van der Waals surface area contributed by atoms with Crippen LogP contribution in [0.2, 0.25) is 0 Å². The molecule has 2 saturated heterocycles. The molecule has 4 rings (SSSR count). The summed E-state index contributed by atoms with van der Waals surface area (Å²) in [5, 5.41) is 3.12. The number of likely N-dealkylation sites (tertiary alicyclic amines) is 1. The Balaban J connectivity index is 1.36. The molecule has 2 aliphatic rings. The third-order valence-corrected chi connectivity index (χ3v) is 7.94. The number of aryl methyl sites for hydroxylation is 2. The van der Waals surface area contributed by atoms with Crippen molar-refractivity contribution >= 4 is 11.8 Å². The molecule has 0 unspecified atom stereocenters. The quantitative estimate of drug-likeness (QED) is 0.472. The summed E-state index contributed by atoms with van der Waals surface area (Å²) in [6, 6.07) is 18.6. The predicted molar refractivity (Wildman–Crippen MR) is 146 cm³/mol. The molecular weight excluding hydrogens is 446 g/mol. The monoisotopic (exact) mass is 489 g/mol. The van der Waals surface area contributed by atoms with Gasteiger partial charge in [-0.25, -0.2) is 0 Å². The van der Waals surface area contributed by atoms with Crippen molar-refractivity contribution in [1.29, 1.82) is 0 Å². The van der Waals surface area contributed by atoms with Gasteiger partial charge in [-0.1, -0.05) is 80.4 Å². The van der Waals surface area contributed by atoms with Crippen LogP contribution >= 0.6 is 0 Å². The summed E-state index contributed by atoms with van der Waals surface area (Å²) in [7, 11) is 0. The Morgan fingerprint density at radius 2 is 1.61 bits per heavy atom. The molecule has 5 heteroatoms. The number of amides is 2. The lowest BCUT2D eigenvalue weighted by molar-refractivity contribution is -0.162. The molecule has 0 aromatic heterocycles. The second-order valence-corrected chi connectivity index (χ2v) is 11.2. The van der Waals surface area contributed by atoms with Gasteiger partial charge in [-0.15, -0.1) is 0 Å². The number of nitrogens with one attached hydrogen (secondary N) is 1. The zero-order valence-corrected chi connectivity index (χ0v) is 22.3. The summed E-state index contributed by atoms with van der Waals surface area (Å²) in [6.07, 6.45) is 6.82. The van der Waals surface area contributed by atoms with Crippen LogP contribution < -0.4 is 5.32 Å². The van der Waals surface area contributed by atoms with Crippen LogP contribution in [0.25, 0.3) is 0 Å². The zero-order chi connectivity index (χ0) is 25.5. The van der Waals surface area contributed by atoms with Crippen molar-refractivity contribution in [2.45, 2.75) is 83.8 Å². The first-order chi connectivity index (χ1) is 17.4. The Hall–Kier alpha value is -2.66. The summed E-state index contributed by atoms with van der Waals surface area (Å²) in [6.45, 7) is 9.56. The number of carbonyl (C=O) groups excluding carboxylic acids is 2. The van der Waals surface area contributed by atoms with Crippen molar-refractivity contribution in [3.8, 4) is 0 Å². The highest BCUT2D eigenvalue weighted by Gasteiger charge is 2.53. The fourth-order valence-corrected chi connectivity index (χ4v) is 5.74. The Labute approximate surface area is 217 Å². The van der Waals surface area contributed by atoms with Gasteiger partial charge >= 0.3 is 0 Å². The van der Waals surface area contributed by atoms with Crippen LogP contribution in [-0.2, 0) is 22.6 Å². The van der Waals surface area contributed by atoms with Crippen molar-refractivity contribution in [2.24, 2.45) is 5.92 Å². The summed E-state index contributed by atoms with van der Waals surface area (Å²) in [5.74, 6) is 0.471. The number of rotatable bonds is 10. The molecule has 194 valence electrons. The van der Waals surface area contributed by atoms with Crippen molar-refractivity contribution < 1.29 is 9.59 Å². The maximum Gasteiger partial charge on any atom is 0.246 e. The molecule has 2 aliphatic heterocycles. The number of carbonyl (C=O) groups is 2. The SMILES string of the molecule is Cc1ccc(CN2C(=O)[C@H](CC(C)C)NC(=O)C23CCN(CCCCCc2ccccc2)CC3)cc1. The lowest BCUT2D eigenvalue weighted by atomic mass is 9.80. The Morgan fingerprint density at radius 1 is 0.917 bits per heavy atom. The van der Waals surface area contributed by atoms with Crippen LogP contribution in [0.5, 0.6) is 0 Å². The second kappa shape index (κ2) is 12.1. The van der Waals surface area contributed by atoms with Gasteiger partial charge in [-0.05, 0) is 69.0 Å². The van der Waals surface area contributed by atoms with E-state index in [1.165, 1.54) is 30.4 Å². The fourth-order valence-electron chi connectivity index (χ4n) is 5.74. The van der Waals surface area contributed by atoms with E-state index in [1.54, 1.807) is 0 Å². The molecule has 2 fully saturated rings. The molecule has 36 heavy (non-hydrogen) atoms. The van der Waals surface area contributed by atoms with Crippen molar-refractivity contribution in [2.75, 3.05) is 19.6 Å². The molecule has 1 N–H and O–H groups in total. The van der Waals surface area contributed by atoms with E-state index >= 15 is 0 Å². The minimum Gasteiger partial charge on any atom is -0.342 e. The Kier molecular flexibility index (Phi) is 8.84. The normalized spacial score (nSPS) is 20.2. The van der Waals surface area contributed by atoms with Crippen LogP contribution in [0.1, 0.15) is 69.1 Å². The van der Waals surface area contributed by atoms with Crippen molar-refractivity contribution in [1.82, 2.24) is 15.1 Å². The molecule has 2 heterocycles. The van der Waals surface area contributed by atoms with E-state index in [0.717, 1.165) is 31.6 Å². The number of hydrogen-bond donors (Lipinski definition) is 1. The summed E-state index contributed by atoms with van der Waals surface area (Å²) in [5.41, 5.74) is 2.96. The number of nitrogens with zero attached hydrogens (tertiary/aromatic N) is 2. The summed E-state index contributed by atoms with van der Waals surface area (Å²) >= 11 is 0. The average Bonchev–Trinajstić information content (AvgIpc) is 2.87. The van der Waals surface area contributed by atoms with Gasteiger partial charge in [0.15, 0.2) is 0 Å². The molecule has 5 nitrogen and oxygen atoms in total. The van der Waals surface area contributed by atoms with Crippen molar-refractivity contribution in [3.63, 3.8) is 0 Å². The number of piperidine rings is 1. The molecule has 2 aromatic carbocycles. The average molecular weight is 490 g/mol. The van der Waals surface area contributed by atoms with Crippen LogP contribution in [0.3, 0.4) is 0 Å². The molecular formula is C31H43N3O2. The van der Waals surface area contributed by atoms with E-state index in [0.29, 0.717) is 31.7 Å². The third-order valence-electron chi connectivity index (χ3n) is 7.94. The van der Waals surface area contributed by atoms with E-state index in [1.807, 2.05) is 4.90 Å². The Morgan fingerprint density at radius 3 is 2.28 bits per heavy atom. The maximum absolute atomic E-state index is 13.7. The molecule has 0 saturated carbocycles. The highest BCUT2D eigenvalue weighted by Crippen LogP contribution is 2.35. The summed E-state index contributed by atoms with van der Waals surface area (Å²) < 4.78 is 0. The molecule has 2 amide bonds. The summed E-state index contributed by atoms with van der Waals surface area (Å²) in [4.78, 5) is 31.7. The van der Waals surface area contributed by atoms with Gasteiger partial charge in [0.1, 0.15) is 11.6 Å². The van der Waals surface area contributed by atoms with Crippen molar-refractivity contribution in [3.05, 3.63) is 71.3 Å². The van der Waals surface area contributed by atoms with Gasteiger partial charge in [-0.3, -0.25) is 9.59 Å². The van der Waals surface area contributed by atoms with Gasteiger partial charge in [0.2, 0.25) is 11.8 Å². The molecule has 1 spiro atoms. The minimum absolute atomic E-state index is 0.0439.